The van der Waals surface area contributed by atoms with Crippen LogP contribution in [0, 0.1) is 11.8 Å². The van der Waals surface area contributed by atoms with Crippen molar-refractivity contribution in [2.24, 2.45) is 11.8 Å². The van der Waals surface area contributed by atoms with E-state index in [1.54, 1.807) is 0 Å². The van der Waals surface area contributed by atoms with E-state index in [0.29, 0.717) is 17.9 Å². The van der Waals surface area contributed by atoms with Crippen LogP contribution in [0.5, 0.6) is 0 Å². The Hall–Kier alpha value is -1.26. The zero-order valence-corrected chi connectivity index (χ0v) is 11.3. The maximum Gasteiger partial charge on any atom is 0.315 e. The van der Waals surface area contributed by atoms with E-state index in [9.17, 15) is 9.59 Å². The predicted molar refractivity (Wildman–Crippen MR) is 71.6 cm³/mol. The SMILES string of the molecule is O=C(NC1CCCCNC1=O)NC(C1CC1)C1CC1. The van der Waals surface area contributed by atoms with Gasteiger partial charge in [0.15, 0.2) is 0 Å². The molecule has 3 amide bonds. The van der Waals surface area contributed by atoms with Crippen molar-refractivity contribution >= 4 is 11.9 Å². The van der Waals surface area contributed by atoms with Crippen LogP contribution in [0.25, 0.3) is 0 Å². The van der Waals surface area contributed by atoms with Gasteiger partial charge in [-0.2, -0.15) is 0 Å². The first-order chi connectivity index (χ1) is 9.24. The van der Waals surface area contributed by atoms with E-state index in [1.165, 1.54) is 25.7 Å². The normalized spacial score (nSPS) is 27.6. The molecule has 1 unspecified atom stereocenters. The molecule has 3 aliphatic rings. The van der Waals surface area contributed by atoms with E-state index in [0.717, 1.165) is 25.8 Å². The standard InChI is InChI=1S/C14H23N3O2/c18-13-11(3-1-2-8-15-13)16-14(19)17-12(9-4-5-9)10-6-7-10/h9-12H,1-8H2,(H,15,18)(H2,16,17,19). The summed E-state index contributed by atoms with van der Waals surface area (Å²) >= 11 is 0. The van der Waals surface area contributed by atoms with Gasteiger partial charge < -0.3 is 16.0 Å². The lowest BCUT2D eigenvalue weighted by Crippen LogP contribution is -2.52. The Kier molecular flexibility index (Phi) is 3.62. The molecule has 19 heavy (non-hydrogen) atoms. The lowest BCUT2D eigenvalue weighted by atomic mass is 10.1. The molecule has 0 aromatic rings. The molecule has 3 rings (SSSR count). The molecule has 3 N–H and O–H groups in total. The van der Waals surface area contributed by atoms with Crippen LogP contribution in [-0.2, 0) is 4.79 Å². The van der Waals surface area contributed by atoms with Crippen LogP contribution in [0.2, 0.25) is 0 Å². The number of amides is 3. The van der Waals surface area contributed by atoms with Gasteiger partial charge in [0, 0.05) is 12.6 Å². The Morgan fingerprint density at radius 2 is 1.79 bits per heavy atom. The molecule has 0 aromatic heterocycles. The molecule has 0 aromatic carbocycles. The molecule has 0 spiro atoms. The van der Waals surface area contributed by atoms with E-state index in [-0.39, 0.29) is 18.0 Å². The monoisotopic (exact) mass is 265 g/mol. The van der Waals surface area contributed by atoms with Crippen LogP contribution in [-0.4, -0.2) is 30.6 Å². The lowest BCUT2D eigenvalue weighted by Gasteiger charge is -2.21. The highest BCUT2D eigenvalue weighted by atomic mass is 16.2. The van der Waals surface area contributed by atoms with Gasteiger partial charge in [-0.15, -0.1) is 0 Å². The fourth-order valence-corrected chi connectivity index (χ4v) is 2.96. The van der Waals surface area contributed by atoms with Crippen molar-refractivity contribution in [3.05, 3.63) is 0 Å². The molecule has 0 radical (unpaired) electrons. The van der Waals surface area contributed by atoms with Crippen LogP contribution >= 0.6 is 0 Å². The molecular formula is C14H23N3O2. The van der Waals surface area contributed by atoms with Gasteiger partial charge in [0.25, 0.3) is 0 Å². The van der Waals surface area contributed by atoms with Crippen LogP contribution in [0.3, 0.4) is 0 Å². The predicted octanol–water partition coefficient (Wildman–Crippen LogP) is 1.14. The highest BCUT2D eigenvalue weighted by Crippen LogP contribution is 2.44. The lowest BCUT2D eigenvalue weighted by molar-refractivity contribution is -0.122. The fraction of sp³-hybridized carbons (Fsp3) is 0.857. The Morgan fingerprint density at radius 1 is 1.11 bits per heavy atom. The third kappa shape index (κ3) is 3.39. The van der Waals surface area contributed by atoms with Crippen molar-refractivity contribution in [3.8, 4) is 0 Å². The van der Waals surface area contributed by atoms with Crippen molar-refractivity contribution in [1.82, 2.24) is 16.0 Å². The molecule has 1 atom stereocenters. The second kappa shape index (κ2) is 5.39. The van der Waals surface area contributed by atoms with Crippen molar-refractivity contribution in [1.29, 1.82) is 0 Å². The highest BCUT2D eigenvalue weighted by molar-refractivity contribution is 5.87. The Labute approximate surface area is 113 Å². The first kappa shape index (κ1) is 12.8. The summed E-state index contributed by atoms with van der Waals surface area (Å²) in [6.07, 6.45) is 7.70. The molecule has 0 bridgehead atoms. The molecule has 1 saturated heterocycles. The zero-order valence-electron chi connectivity index (χ0n) is 11.3. The van der Waals surface area contributed by atoms with Gasteiger partial charge in [0.2, 0.25) is 5.91 Å². The molecule has 5 heteroatoms. The molecular weight excluding hydrogens is 242 g/mol. The minimum atomic E-state index is -0.360. The van der Waals surface area contributed by atoms with E-state index < -0.39 is 0 Å². The van der Waals surface area contributed by atoms with Crippen molar-refractivity contribution < 1.29 is 9.59 Å². The van der Waals surface area contributed by atoms with Gasteiger partial charge in [-0.1, -0.05) is 0 Å². The number of hydrogen-bond donors (Lipinski definition) is 3. The topological polar surface area (TPSA) is 70.2 Å². The summed E-state index contributed by atoms with van der Waals surface area (Å²) in [7, 11) is 0. The molecule has 5 nitrogen and oxygen atoms in total. The average molecular weight is 265 g/mol. The first-order valence-electron chi connectivity index (χ1n) is 7.59. The number of hydrogen-bond acceptors (Lipinski definition) is 2. The second-order valence-electron chi connectivity index (χ2n) is 6.16. The molecule has 2 aliphatic carbocycles. The molecule has 1 heterocycles. The summed E-state index contributed by atoms with van der Waals surface area (Å²) in [5.41, 5.74) is 0. The number of nitrogens with one attached hydrogen (secondary N) is 3. The molecule has 1 aliphatic heterocycles. The van der Waals surface area contributed by atoms with Crippen LogP contribution < -0.4 is 16.0 Å². The Morgan fingerprint density at radius 3 is 2.42 bits per heavy atom. The van der Waals surface area contributed by atoms with E-state index in [4.69, 9.17) is 0 Å². The maximum absolute atomic E-state index is 12.0. The largest absolute Gasteiger partial charge is 0.354 e. The molecule has 106 valence electrons. The Balaban J connectivity index is 1.50. The van der Waals surface area contributed by atoms with Crippen LogP contribution in [0.15, 0.2) is 0 Å². The minimum Gasteiger partial charge on any atom is -0.354 e. The van der Waals surface area contributed by atoms with E-state index >= 15 is 0 Å². The summed E-state index contributed by atoms with van der Waals surface area (Å²) in [6.45, 7) is 0.728. The quantitative estimate of drug-likeness (QED) is 0.713. The van der Waals surface area contributed by atoms with Gasteiger partial charge in [-0.25, -0.2) is 4.79 Å². The second-order valence-corrected chi connectivity index (χ2v) is 6.16. The summed E-state index contributed by atoms with van der Waals surface area (Å²) in [6, 6.07) is -0.179. The summed E-state index contributed by atoms with van der Waals surface area (Å²) in [5, 5.41) is 8.78. The van der Waals surface area contributed by atoms with Crippen molar-refractivity contribution in [3.63, 3.8) is 0 Å². The number of rotatable bonds is 4. The number of urea groups is 1. The van der Waals surface area contributed by atoms with Crippen LogP contribution in [0.4, 0.5) is 4.79 Å². The minimum absolute atomic E-state index is 0.0398. The smallest absolute Gasteiger partial charge is 0.315 e. The molecule has 3 fully saturated rings. The third-order valence-corrected chi connectivity index (χ3v) is 4.40. The maximum atomic E-state index is 12.0. The summed E-state index contributed by atoms with van der Waals surface area (Å²) in [5.74, 6) is 1.32. The van der Waals surface area contributed by atoms with E-state index in [1.807, 2.05) is 0 Å². The summed E-state index contributed by atoms with van der Waals surface area (Å²) in [4.78, 5) is 23.8. The van der Waals surface area contributed by atoms with Gasteiger partial charge >= 0.3 is 6.03 Å². The average Bonchev–Trinajstić information content (AvgIpc) is 3.25. The fourth-order valence-electron chi connectivity index (χ4n) is 2.96. The molecule has 2 saturated carbocycles. The van der Waals surface area contributed by atoms with Gasteiger partial charge in [-0.05, 0) is 56.8 Å². The third-order valence-electron chi connectivity index (χ3n) is 4.40. The van der Waals surface area contributed by atoms with Gasteiger partial charge in [0.05, 0.1) is 0 Å². The number of carbonyl (C=O) groups excluding carboxylic acids is 2. The van der Waals surface area contributed by atoms with Gasteiger partial charge in [-0.3, -0.25) is 4.79 Å². The summed E-state index contributed by atoms with van der Waals surface area (Å²) < 4.78 is 0. The van der Waals surface area contributed by atoms with Crippen molar-refractivity contribution in [2.45, 2.75) is 57.0 Å². The van der Waals surface area contributed by atoms with Crippen LogP contribution in [0.1, 0.15) is 44.9 Å². The number of carbonyl (C=O) groups is 2. The van der Waals surface area contributed by atoms with Crippen molar-refractivity contribution in [2.75, 3.05) is 6.54 Å². The highest BCUT2D eigenvalue weighted by Gasteiger charge is 2.42. The first-order valence-corrected chi connectivity index (χ1v) is 7.59. The zero-order chi connectivity index (χ0) is 13.2. The van der Waals surface area contributed by atoms with E-state index in [2.05, 4.69) is 16.0 Å². The Bertz CT molecular complexity index is 352. The van der Waals surface area contributed by atoms with Gasteiger partial charge in [0.1, 0.15) is 6.04 Å².